The normalized spacial score (nSPS) is 10.4. The lowest BCUT2D eigenvalue weighted by Gasteiger charge is -2.07. The molecule has 0 aromatic heterocycles. The van der Waals surface area contributed by atoms with Gasteiger partial charge in [0.25, 0.3) is 5.91 Å². The van der Waals surface area contributed by atoms with Crippen molar-refractivity contribution in [3.63, 3.8) is 0 Å². The topological polar surface area (TPSA) is 29.1 Å². The van der Waals surface area contributed by atoms with Gasteiger partial charge in [-0.3, -0.25) is 4.79 Å². The first-order valence-electron chi connectivity index (χ1n) is 6.06. The van der Waals surface area contributed by atoms with Crippen molar-refractivity contribution in [2.45, 2.75) is 13.3 Å². The van der Waals surface area contributed by atoms with E-state index in [1.165, 1.54) is 0 Å². The van der Waals surface area contributed by atoms with Crippen molar-refractivity contribution < 1.29 is 18.0 Å². The summed E-state index contributed by atoms with van der Waals surface area (Å²) in [6.07, 6.45) is 0.795. The average Bonchev–Trinajstić information content (AvgIpc) is 2.44. The summed E-state index contributed by atoms with van der Waals surface area (Å²) in [6, 6.07) is 8.41. The second-order valence-corrected chi connectivity index (χ2v) is 4.26. The molecule has 0 spiro atoms. The lowest BCUT2D eigenvalue weighted by Crippen LogP contribution is -2.13. The second-order valence-electron chi connectivity index (χ2n) is 4.26. The zero-order valence-corrected chi connectivity index (χ0v) is 10.7. The number of hydrogen-bond donors (Lipinski definition) is 1. The fourth-order valence-electron chi connectivity index (χ4n) is 1.76. The first-order valence-corrected chi connectivity index (χ1v) is 6.06. The van der Waals surface area contributed by atoms with Gasteiger partial charge in [-0.05, 0) is 36.2 Å². The number of nitrogens with one attached hydrogen (secondary N) is 1. The largest absolute Gasteiger partial charge is 0.322 e. The number of hydrogen-bond acceptors (Lipinski definition) is 1. The third-order valence-corrected chi connectivity index (χ3v) is 2.84. The van der Waals surface area contributed by atoms with E-state index in [2.05, 4.69) is 5.32 Å². The molecule has 0 unspecified atom stereocenters. The van der Waals surface area contributed by atoms with Gasteiger partial charge in [0.1, 0.15) is 0 Å². The Morgan fingerprint density at radius 3 is 2.35 bits per heavy atom. The van der Waals surface area contributed by atoms with Crippen molar-refractivity contribution in [3.05, 3.63) is 65.0 Å². The zero-order valence-electron chi connectivity index (χ0n) is 10.7. The number of carbonyl (C=O) groups is 1. The number of carbonyl (C=O) groups excluding carboxylic acids is 1. The van der Waals surface area contributed by atoms with Crippen molar-refractivity contribution >= 4 is 11.6 Å². The molecule has 0 bridgehead atoms. The smallest absolute Gasteiger partial charge is 0.255 e. The zero-order chi connectivity index (χ0) is 14.7. The molecule has 0 radical (unpaired) electrons. The van der Waals surface area contributed by atoms with Crippen molar-refractivity contribution in [3.8, 4) is 0 Å². The summed E-state index contributed by atoms with van der Waals surface area (Å²) in [5, 5.41) is 2.51. The molecule has 0 atom stereocenters. The number of halogens is 3. The third-order valence-electron chi connectivity index (χ3n) is 2.84. The lowest BCUT2D eigenvalue weighted by molar-refractivity contribution is 0.102. The minimum absolute atomic E-state index is 0.275. The first-order chi connectivity index (χ1) is 9.51. The summed E-state index contributed by atoms with van der Waals surface area (Å²) < 4.78 is 38.9. The number of aryl methyl sites for hydroxylation is 1. The van der Waals surface area contributed by atoms with Crippen molar-refractivity contribution in [1.29, 1.82) is 0 Å². The van der Waals surface area contributed by atoms with Gasteiger partial charge in [-0.1, -0.05) is 19.1 Å². The van der Waals surface area contributed by atoms with E-state index in [9.17, 15) is 18.0 Å². The van der Waals surface area contributed by atoms with Crippen LogP contribution < -0.4 is 5.32 Å². The van der Waals surface area contributed by atoms with Gasteiger partial charge >= 0.3 is 0 Å². The van der Waals surface area contributed by atoms with Gasteiger partial charge in [0, 0.05) is 11.3 Å². The number of benzene rings is 2. The van der Waals surface area contributed by atoms with Crippen LogP contribution in [0.5, 0.6) is 0 Å². The predicted octanol–water partition coefficient (Wildman–Crippen LogP) is 3.92. The Labute approximate surface area is 114 Å². The highest BCUT2D eigenvalue weighted by atomic mass is 19.2. The number of amides is 1. The van der Waals surface area contributed by atoms with Crippen LogP contribution in [-0.4, -0.2) is 5.91 Å². The Balaban J connectivity index is 2.23. The predicted molar refractivity (Wildman–Crippen MR) is 70.1 cm³/mol. The highest BCUT2D eigenvalue weighted by Gasteiger charge is 2.15. The SMILES string of the molecule is CCc1cccc(NC(=O)c2cc(F)c(F)c(F)c2)c1. The molecule has 2 aromatic rings. The standard InChI is InChI=1S/C15H12F3NO/c1-2-9-4-3-5-11(6-9)19-15(20)10-7-12(16)14(18)13(17)8-10/h3-8H,2H2,1H3,(H,19,20). The molecule has 2 aromatic carbocycles. The van der Waals surface area contributed by atoms with E-state index in [1.807, 2.05) is 13.0 Å². The highest BCUT2D eigenvalue weighted by Crippen LogP contribution is 2.16. The molecule has 104 valence electrons. The van der Waals surface area contributed by atoms with Gasteiger partial charge in [-0.25, -0.2) is 13.2 Å². The summed E-state index contributed by atoms with van der Waals surface area (Å²) in [5.41, 5.74) is 1.25. The average molecular weight is 279 g/mol. The Bertz CT molecular complexity index is 632. The van der Waals surface area contributed by atoms with Crippen LogP contribution >= 0.6 is 0 Å². The molecule has 0 aliphatic carbocycles. The van der Waals surface area contributed by atoms with Gasteiger partial charge in [0.15, 0.2) is 17.5 Å². The van der Waals surface area contributed by atoms with E-state index in [-0.39, 0.29) is 5.56 Å². The molecule has 2 rings (SSSR count). The Kier molecular flexibility index (Phi) is 4.08. The van der Waals surface area contributed by atoms with Crippen LogP contribution in [0.1, 0.15) is 22.8 Å². The molecule has 0 fully saturated rings. The summed E-state index contributed by atoms with van der Waals surface area (Å²) in [5.74, 6) is -5.07. The fraction of sp³-hybridized carbons (Fsp3) is 0.133. The molecule has 1 amide bonds. The second kappa shape index (κ2) is 5.77. The highest BCUT2D eigenvalue weighted by molar-refractivity contribution is 6.04. The van der Waals surface area contributed by atoms with E-state index < -0.39 is 23.4 Å². The van der Waals surface area contributed by atoms with Gasteiger partial charge in [-0.2, -0.15) is 0 Å². The quantitative estimate of drug-likeness (QED) is 0.848. The van der Waals surface area contributed by atoms with Crippen LogP contribution in [0, 0.1) is 17.5 Å². The van der Waals surface area contributed by atoms with Crippen molar-refractivity contribution in [2.75, 3.05) is 5.32 Å². The molecule has 0 aliphatic heterocycles. The third kappa shape index (κ3) is 2.99. The van der Waals surface area contributed by atoms with Crippen LogP contribution in [-0.2, 0) is 6.42 Å². The Morgan fingerprint density at radius 1 is 1.10 bits per heavy atom. The van der Waals surface area contributed by atoms with Crippen LogP contribution in [0.2, 0.25) is 0 Å². The maximum Gasteiger partial charge on any atom is 0.255 e. The maximum atomic E-state index is 13.1. The summed E-state index contributed by atoms with van der Waals surface area (Å²) in [7, 11) is 0. The van der Waals surface area contributed by atoms with E-state index >= 15 is 0 Å². The maximum absolute atomic E-state index is 13.1. The van der Waals surface area contributed by atoms with Crippen molar-refractivity contribution in [1.82, 2.24) is 0 Å². The van der Waals surface area contributed by atoms with E-state index in [4.69, 9.17) is 0 Å². The number of rotatable bonds is 3. The molecule has 0 aliphatic rings. The van der Waals surface area contributed by atoms with E-state index in [0.29, 0.717) is 17.8 Å². The Hall–Kier alpha value is -2.30. The van der Waals surface area contributed by atoms with Gasteiger partial charge in [0.05, 0.1) is 0 Å². The Morgan fingerprint density at radius 2 is 1.75 bits per heavy atom. The lowest BCUT2D eigenvalue weighted by atomic mass is 10.1. The van der Waals surface area contributed by atoms with Gasteiger partial charge in [-0.15, -0.1) is 0 Å². The molecule has 0 heterocycles. The monoisotopic (exact) mass is 279 g/mol. The molecule has 0 saturated carbocycles. The summed E-state index contributed by atoms with van der Waals surface area (Å²) in [6.45, 7) is 1.96. The fourth-order valence-corrected chi connectivity index (χ4v) is 1.76. The van der Waals surface area contributed by atoms with Crippen LogP contribution in [0.3, 0.4) is 0 Å². The van der Waals surface area contributed by atoms with Gasteiger partial charge in [0.2, 0.25) is 0 Å². The van der Waals surface area contributed by atoms with E-state index in [0.717, 1.165) is 12.0 Å². The minimum atomic E-state index is -1.59. The van der Waals surface area contributed by atoms with Crippen molar-refractivity contribution in [2.24, 2.45) is 0 Å². The number of anilines is 1. The van der Waals surface area contributed by atoms with Crippen LogP contribution in [0.4, 0.5) is 18.9 Å². The van der Waals surface area contributed by atoms with E-state index in [1.54, 1.807) is 18.2 Å². The molecular weight excluding hydrogens is 267 g/mol. The summed E-state index contributed by atoms with van der Waals surface area (Å²) in [4.78, 5) is 11.9. The van der Waals surface area contributed by atoms with Crippen LogP contribution in [0.15, 0.2) is 36.4 Å². The minimum Gasteiger partial charge on any atom is -0.322 e. The molecule has 2 nitrogen and oxygen atoms in total. The first kappa shape index (κ1) is 14.1. The molecular formula is C15H12F3NO. The molecule has 5 heteroatoms. The van der Waals surface area contributed by atoms with Gasteiger partial charge < -0.3 is 5.32 Å². The molecule has 0 saturated heterocycles. The molecule has 1 N–H and O–H groups in total. The summed E-state index contributed by atoms with van der Waals surface area (Å²) >= 11 is 0. The van der Waals surface area contributed by atoms with Crippen LogP contribution in [0.25, 0.3) is 0 Å². The molecule has 20 heavy (non-hydrogen) atoms.